The highest BCUT2D eigenvalue weighted by atomic mass is 35.5. The van der Waals surface area contributed by atoms with Crippen molar-refractivity contribution in [1.29, 1.82) is 0 Å². The van der Waals surface area contributed by atoms with Crippen LogP contribution in [0.4, 0.5) is 0 Å². The van der Waals surface area contributed by atoms with E-state index in [0.29, 0.717) is 70.0 Å². The number of carbonyl (C=O) groups is 2. The standard InChI is InChI=1S/C31H41N3O6.ClH/c1-2-3-16-34-29(37)27(28(36)23-12-19-39-20-13-23)32-30(38)31(34)14-17-33(18-15-31)21-22-4-8-25(9-5-22)40-26-10-6-24(35)7-11-26;/h4-11,23,27-28,35-36H,2-3,12-21H2,1H3,(H,32,38);1H/t27-,28-;/m1./s1. The minimum absolute atomic E-state index is 0. The van der Waals surface area contributed by atoms with Crippen molar-refractivity contribution >= 4 is 24.2 Å². The Kier molecular flexibility index (Phi) is 10.5. The van der Waals surface area contributed by atoms with Gasteiger partial charge in [-0.25, -0.2) is 0 Å². The van der Waals surface area contributed by atoms with E-state index in [1.165, 1.54) is 0 Å². The molecule has 2 aromatic carbocycles. The molecular weight excluding hydrogens is 546 g/mol. The molecule has 10 heteroatoms. The minimum Gasteiger partial charge on any atom is -0.508 e. The van der Waals surface area contributed by atoms with Crippen molar-refractivity contribution in [3.05, 3.63) is 54.1 Å². The van der Waals surface area contributed by atoms with E-state index < -0.39 is 17.7 Å². The molecule has 0 aromatic heterocycles. The average Bonchev–Trinajstić information content (AvgIpc) is 2.98. The Balaban J connectivity index is 0.00000387. The molecule has 3 fully saturated rings. The lowest BCUT2D eigenvalue weighted by atomic mass is 9.79. The van der Waals surface area contributed by atoms with Crippen LogP contribution >= 0.6 is 12.4 Å². The normalized spacial score (nSPS) is 22.2. The predicted octanol–water partition coefficient (Wildman–Crippen LogP) is 3.86. The van der Waals surface area contributed by atoms with Crippen molar-refractivity contribution in [3.63, 3.8) is 0 Å². The van der Waals surface area contributed by atoms with E-state index >= 15 is 0 Å². The third-order valence-corrected chi connectivity index (χ3v) is 8.67. The number of hydrogen-bond donors (Lipinski definition) is 3. The molecule has 224 valence electrons. The number of phenols is 1. The summed E-state index contributed by atoms with van der Waals surface area (Å²) in [6.07, 6.45) is 3.37. The van der Waals surface area contributed by atoms with E-state index in [0.717, 1.165) is 24.9 Å². The Labute approximate surface area is 248 Å². The highest BCUT2D eigenvalue weighted by molar-refractivity contribution is 6.00. The first-order valence-corrected chi connectivity index (χ1v) is 14.6. The average molecular weight is 588 g/mol. The molecule has 5 rings (SSSR count). The zero-order valence-corrected chi connectivity index (χ0v) is 24.5. The fourth-order valence-corrected chi connectivity index (χ4v) is 6.19. The first kappa shape index (κ1) is 31.1. The number of rotatable bonds is 9. The molecule has 3 aliphatic rings. The summed E-state index contributed by atoms with van der Waals surface area (Å²) in [5.41, 5.74) is 0.275. The number of nitrogens with one attached hydrogen (secondary N) is 1. The number of carbonyl (C=O) groups excluding carboxylic acids is 2. The lowest BCUT2D eigenvalue weighted by molar-refractivity contribution is -0.166. The van der Waals surface area contributed by atoms with Crippen LogP contribution in [0, 0.1) is 5.92 Å². The number of piperazine rings is 1. The number of nitrogens with zero attached hydrogens (tertiary/aromatic N) is 2. The van der Waals surface area contributed by atoms with Gasteiger partial charge in [0.05, 0.1) is 6.10 Å². The van der Waals surface area contributed by atoms with Crippen LogP contribution in [0.2, 0.25) is 0 Å². The summed E-state index contributed by atoms with van der Waals surface area (Å²) < 4.78 is 11.3. The lowest BCUT2D eigenvalue weighted by Gasteiger charge is -2.52. The third kappa shape index (κ3) is 6.97. The topological polar surface area (TPSA) is 112 Å². The first-order valence-electron chi connectivity index (χ1n) is 14.6. The number of phenolic OH excluding ortho intramolecular Hbond substituents is 1. The van der Waals surface area contributed by atoms with E-state index in [-0.39, 0.29) is 35.9 Å². The number of hydrogen-bond acceptors (Lipinski definition) is 7. The van der Waals surface area contributed by atoms with Crippen molar-refractivity contribution in [2.75, 3.05) is 32.8 Å². The molecule has 41 heavy (non-hydrogen) atoms. The molecule has 3 aliphatic heterocycles. The Bertz CT molecular complexity index is 1150. The van der Waals surface area contributed by atoms with Gasteiger partial charge in [0.25, 0.3) is 0 Å². The largest absolute Gasteiger partial charge is 0.508 e. The summed E-state index contributed by atoms with van der Waals surface area (Å²) in [7, 11) is 0. The van der Waals surface area contributed by atoms with Crippen molar-refractivity contribution in [1.82, 2.24) is 15.1 Å². The summed E-state index contributed by atoms with van der Waals surface area (Å²) in [6.45, 7) is 5.89. The molecule has 9 nitrogen and oxygen atoms in total. The second-order valence-corrected chi connectivity index (χ2v) is 11.3. The van der Waals surface area contributed by atoms with Crippen LogP contribution in [0.3, 0.4) is 0 Å². The number of unbranched alkanes of at least 4 members (excludes halogenated alkanes) is 1. The van der Waals surface area contributed by atoms with Gasteiger partial charge in [0.15, 0.2) is 0 Å². The number of aliphatic hydroxyl groups excluding tert-OH is 1. The number of piperidine rings is 1. The zero-order chi connectivity index (χ0) is 28.1. The van der Waals surface area contributed by atoms with Gasteiger partial charge in [0, 0.05) is 39.4 Å². The molecule has 0 bridgehead atoms. The maximum absolute atomic E-state index is 13.8. The number of ether oxygens (including phenoxy) is 2. The summed E-state index contributed by atoms with van der Waals surface area (Å²) in [5.74, 6) is 1.24. The molecular formula is C31H42ClN3O6. The van der Waals surface area contributed by atoms with E-state index in [1.54, 1.807) is 29.2 Å². The van der Waals surface area contributed by atoms with Crippen LogP contribution in [0.25, 0.3) is 0 Å². The van der Waals surface area contributed by atoms with Gasteiger partial charge in [0.1, 0.15) is 28.8 Å². The second-order valence-electron chi connectivity index (χ2n) is 11.3. The minimum atomic E-state index is -0.900. The molecule has 3 N–H and O–H groups in total. The Hall–Kier alpha value is -2.85. The maximum atomic E-state index is 13.8. The number of halogens is 1. The predicted molar refractivity (Wildman–Crippen MR) is 157 cm³/mol. The molecule has 3 heterocycles. The molecule has 2 aromatic rings. The van der Waals surface area contributed by atoms with Gasteiger partial charge >= 0.3 is 0 Å². The first-order chi connectivity index (χ1) is 19.4. The van der Waals surface area contributed by atoms with E-state index in [9.17, 15) is 19.8 Å². The summed E-state index contributed by atoms with van der Waals surface area (Å²) in [6, 6.07) is 13.6. The fourth-order valence-electron chi connectivity index (χ4n) is 6.19. The monoisotopic (exact) mass is 587 g/mol. The van der Waals surface area contributed by atoms with Crippen LogP contribution in [-0.2, 0) is 20.9 Å². The van der Waals surface area contributed by atoms with E-state index in [4.69, 9.17) is 9.47 Å². The Morgan fingerprint density at radius 3 is 2.24 bits per heavy atom. The summed E-state index contributed by atoms with van der Waals surface area (Å²) in [4.78, 5) is 31.6. The molecule has 0 unspecified atom stereocenters. The number of likely N-dealkylation sites (tertiary alicyclic amines) is 1. The van der Waals surface area contributed by atoms with Gasteiger partial charge < -0.3 is 29.9 Å². The quantitative estimate of drug-likeness (QED) is 0.408. The van der Waals surface area contributed by atoms with E-state index in [2.05, 4.69) is 17.1 Å². The van der Waals surface area contributed by atoms with Gasteiger partial charge in [0.2, 0.25) is 11.8 Å². The third-order valence-electron chi connectivity index (χ3n) is 8.67. The van der Waals surface area contributed by atoms with Crippen LogP contribution in [0.1, 0.15) is 51.0 Å². The number of benzene rings is 2. The molecule has 3 saturated heterocycles. The molecule has 1 spiro atoms. The van der Waals surface area contributed by atoms with Gasteiger partial charge in [-0.05, 0) is 80.0 Å². The highest BCUT2D eigenvalue weighted by Gasteiger charge is 2.55. The molecule has 0 radical (unpaired) electrons. The van der Waals surface area contributed by atoms with Gasteiger partial charge in [-0.3, -0.25) is 14.5 Å². The zero-order valence-electron chi connectivity index (χ0n) is 23.7. The molecule has 0 saturated carbocycles. The van der Waals surface area contributed by atoms with Crippen molar-refractivity contribution in [3.8, 4) is 17.2 Å². The number of aliphatic hydroxyl groups is 1. The van der Waals surface area contributed by atoms with Crippen molar-refractivity contribution in [2.24, 2.45) is 5.92 Å². The van der Waals surface area contributed by atoms with Gasteiger partial charge in [-0.1, -0.05) is 25.5 Å². The van der Waals surface area contributed by atoms with Crippen molar-refractivity contribution < 1.29 is 29.3 Å². The van der Waals surface area contributed by atoms with Crippen LogP contribution in [0.15, 0.2) is 48.5 Å². The highest BCUT2D eigenvalue weighted by Crippen LogP contribution is 2.36. The number of amides is 2. The molecule has 2 atom stereocenters. The fraction of sp³-hybridized carbons (Fsp3) is 0.548. The smallest absolute Gasteiger partial charge is 0.248 e. The summed E-state index contributed by atoms with van der Waals surface area (Å²) >= 11 is 0. The lowest BCUT2D eigenvalue weighted by Crippen LogP contribution is -2.75. The van der Waals surface area contributed by atoms with Crippen LogP contribution in [0.5, 0.6) is 17.2 Å². The van der Waals surface area contributed by atoms with Gasteiger partial charge in [-0.2, -0.15) is 0 Å². The van der Waals surface area contributed by atoms with Crippen LogP contribution in [-0.4, -0.2) is 82.4 Å². The second kappa shape index (κ2) is 13.9. The number of aromatic hydroxyl groups is 1. The van der Waals surface area contributed by atoms with Crippen molar-refractivity contribution in [2.45, 2.75) is 69.7 Å². The van der Waals surface area contributed by atoms with Gasteiger partial charge in [-0.15, -0.1) is 12.4 Å². The summed E-state index contributed by atoms with van der Waals surface area (Å²) in [5, 5.41) is 23.5. The van der Waals surface area contributed by atoms with Crippen LogP contribution < -0.4 is 10.1 Å². The Morgan fingerprint density at radius 2 is 1.63 bits per heavy atom. The maximum Gasteiger partial charge on any atom is 0.248 e. The Morgan fingerprint density at radius 1 is 1.02 bits per heavy atom. The molecule has 2 amide bonds. The SMILES string of the molecule is CCCCN1C(=O)[C@@H]([C@H](O)C2CCOCC2)NC(=O)C12CCN(Cc1ccc(Oc3ccc(O)cc3)cc1)CC2.Cl. The van der Waals surface area contributed by atoms with E-state index in [1.807, 2.05) is 24.3 Å². The molecule has 0 aliphatic carbocycles.